The fourth-order valence-electron chi connectivity index (χ4n) is 1.99. The second kappa shape index (κ2) is 8.29. The Morgan fingerprint density at radius 1 is 1.21 bits per heavy atom. The number of aromatic nitrogens is 2. The van der Waals surface area contributed by atoms with Crippen molar-refractivity contribution < 1.29 is 9.53 Å². The fraction of sp³-hybridized carbons (Fsp3) is 0.389. The van der Waals surface area contributed by atoms with Crippen LogP contribution in [-0.2, 0) is 0 Å². The van der Waals surface area contributed by atoms with E-state index in [1.54, 1.807) is 12.3 Å². The zero-order chi connectivity index (χ0) is 17.5. The summed E-state index contributed by atoms with van der Waals surface area (Å²) in [6.07, 6.45) is 2.48. The SMILES string of the molecule is CCC(C)NC(=O)c1ccnc(Nc2ccccc2OC(C)C)n1. The van der Waals surface area contributed by atoms with Crippen LogP contribution in [0.4, 0.5) is 11.6 Å². The monoisotopic (exact) mass is 328 g/mol. The van der Waals surface area contributed by atoms with Crippen molar-refractivity contribution >= 4 is 17.5 Å². The second-order valence-corrected chi connectivity index (χ2v) is 5.84. The van der Waals surface area contributed by atoms with Gasteiger partial charge in [0.15, 0.2) is 0 Å². The Morgan fingerprint density at radius 2 is 1.96 bits per heavy atom. The van der Waals surface area contributed by atoms with Crippen molar-refractivity contribution in [3.8, 4) is 5.75 Å². The van der Waals surface area contributed by atoms with Gasteiger partial charge < -0.3 is 15.4 Å². The molecule has 1 atom stereocenters. The van der Waals surface area contributed by atoms with Gasteiger partial charge in [0.2, 0.25) is 5.95 Å². The van der Waals surface area contributed by atoms with Crippen LogP contribution < -0.4 is 15.4 Å². The maximum absolute atomic E-state index is 12.2. The maximum atomic E-state index is 12.2. The summed E-state index contributed by atoms with van der Waals surface area (Å²) in [4.78, 5) is 20.6. The van der Waals surface area contributed by atoms with Gasteiger partial charge in [-0.3, -0.25) is 4.79 Å². The fourth-order valence-corrected chi connectivity index (χ4v) is 1.99. The molecule has 0 fully saturated rings. The number of carbonyl (C=O) groups is 1. The van der Waals surface area contributed by atoms with E-state index in [9.17, 15) is 4.79 Å². The van der Waals surface area contributed by atoms with Crippen molar-refractivity contribution in [3.05, 3.63) is 42.2 Å². The molecule has 0 saturated heterocycles. The lowest BCUT2D eigenvalue weighted by Crippen LogP contribution is -2.32. The highest BCUT2D eigenvalue weighted by Gasteiger charge is 2.12. The molecule has 1 aromatic heterocycles. The molecule has 128 valence electrons. The molecule has 0 aliphatic heterocycles. The summed E-state index contributed by atoms with van der Waals surface area (Å²) in [6, 6.07) is 9.26. The maximum Gasteiger partial charge on any atom is 0.270 e. The number of rotatable bonds is 7. The molecule has 1 heterocycles. The standard InChI is InChI=1S/C18H24N4O2/c1-5-13(4)20-17(23)15-10-11-19-18(22-15)21-14-8-6-7-9-16(14)24-12(2)3/h6-13H,5H2,1-4H3,(H,20,23)(H,19,21,22). The zero-order valence-corrected chi connectivity index (χ0v) is 14.5. The molecule has 2 aromatic rings. The van der Waals surface area contributed by atoms with Crippen molar-refractivity contribution in [2.24, 2.45) is 0 Å². The number of amides is 1. The molecule has 24 heavy (non-hydrogen) atoms. The first-order chi connectivity index (χ1) is 11.5. The molecule has 0 saturated carbocycles. The molecular weight excluding hydrogens is 304 g/mol. The Balaban J connectivity index is 2.17. The van der Waals surface area contributed by atoms with E-state index in [-0.39, 0.29) is 18.1 Å². The predicted octanol–water partition coefficient (Wildman–Crippen LogP) is 3.54. The quantitative estimate of drug-likeness (QED) is 0.813. The Hall–Kier alpha value is -2.63. The van der Waals surface area contributed by atoms with Crippen LogP contribution in [0, 0.1) is 0 Å². The molecule has 1 amide bonds. The number of hydrogen-bond acceptors (Lipinski definition) is 5. The Bertz CT molecular complexity index is 688. The van der Waals surface area contributed by atoms with Crippen molar-refractivity contribution in [1.29, 1.82) is 0 Å². The van der Waals surface area contributed by atoms with Gasteiger partial charge in [-0.05, 0) is 45.4 Å². The highest BCUT2D eigenvalue weighted by Crippen LogP contribution is 2.26. The summed E-state index contributed by atoms with van der Waals surface area (Å²) in [5.74, 6) is 0.860. The predicted molar refractivity (Wildman–Crippen MR) is 94.7 cm³/mol. The summed E-state index contributed by atoms with van der Waals surface area (Å²) in [5.41, 5.74) is 1.08. The van der Waals surface area contributed by atoms with Crippen molar-refractivity contribution in [3.63, 3.8) is 0 Å². The number of nitrogens with one attached hydrogen (secondary N) is 2. The van der Waals surface area contributed by atoms with E-state index in [0.29, 0.717) is 17.4 Å². The molecule has 0 radical (unpaired) electrons. The molecule has 1 unspecified atom stereocenters. The van der Waals surface area contributed by atoms with E-state index < -0.39 is 0 Å². The Morgan fingerprint density at radius 3 is 2.67 bits per heavy atom. The van der Waals surface area contributed by atoms with Crippen LogP contribution in [0.1, 0.15) is 44.6 Å². The lowest BCUT2D eigenvalue weighted by atomic mass is 10.2. The van der Waals surface area contributed by atoms with Gasteiger partial charge in [0, 0.05) is 12.2 Å². The van der Waals surface area contributed by atoms with E-state index in [1.807, 2.05) is 52.0 Å². The smallest absolute Gasteiger partial charge is 0.270 e. The van der Waals surface area contributed by atoms with E-state index in [0.717, 1.165) is 12.1 Å². The van der Waals surface area contributed by atoms with Gasteiger partial charge in [0.1, 0.15) is 11.4 Å². The summed E-state index contributed by atoms with van der Waals surface area (Å²) in [5, 5.41) is 6.01. The van der Waals surface area contributed by atoms with Crippen LogP contribution in [0.2, 0.25) is 0 Å². The summed E-state index contributed by atoms with van der Waals surface area (Å²) in [6.45, 7) is 7.90. The number of ether oxygens (including phenoxy) is 1. The van der Waals surface area contributed by atoms with Gasteiger partial charge in [-0.15, -0.1) is 0 Å². The largest absolute Gasteiger partial charge is 0.489 e. The Labute approximate surface area is 142 Å². The van der Waals surface area contributed by atoms with Gasteiger partial charge in [-0.25, -0.2) is 9.97 Å². The zero-order valence-electron chi connectivity index (χ0n) is 14.5. The normalized spacial score (nSPS) is 11.9. The van der Waals surface area contributed by atoms with Gasteiger partial charge in [0.05, 0.1) is 11.8 Å². The molecule has 2 rings (SSSR count). The molecule has 0 spiro atoms. The molecular formula is C18H24N4O2. The number of nitrogens with zero attached hydrogens (tertiary/aromatic N) is 2. The highest BCUT2D eigenvalue weighted by atomic mass is 16.5. The minimum Gasteiger partial charge on any atom is -0.489 e. The number of carbonyl (C=O) groups excluding carboxylic acids is 1. The molecule has 6 heteroatoms. The third kappa shape index (κ3) is 4.94. The number of benzene rings is 1. The molecule has 0 bridgehead atoms. The van der Waals surface area contributed by atoms with Crippen LogP contribution in [0.5, 0.6) is 5.75 Å². The first kappa shape index (κ1) is 17.7. The minimum absolute atomic E-state index is 0.0570. The first-order valence-electron chi connectivity index (χ1n) is 8.16. The molecule has 2 N–H and O–H groups in total. The van der Waals surface area contributed by atoms with E-state index in [2.05, 4.69) is 20.6 Å². The minimum atomic E-state index is -0.207. The van der Waals surface area contributed by atoms with Crippen molar-refractivity contribution in [2.75, 3.05) is 5.32 Å². The summed E-state index contributed by atoms with van der Waals surface area (Å²) >= 11 is 0. The summed E-state index contributed by atoms with van der Waals surface area (Å²) in [7, 11) is 0. The molecule has 0 aliphatic carbocycles. The molecule has 1 aromatic carbocycles. The third-order valence-corrected chi connectivity index (χ3v) is 3.37. The molecule has 0 aliphatic rings. The highest BCUT2D eigenvalue weighted by molar-refractivity contribution is 5.92. The van der Waals surface area contributed by atoms with Crippen LogP contribution in [0.25, 0.3) is 0 Å². The number of hydrogen-bond donors (Lipinski definition) is 2. The first-order valence-corrected chi connectivity index (χ1v) is 8.16. The van der Waals surface area contributed by atoms with Crippen LogP contribution in [-0.4, -0.2) is 28.0 Å². The lowest BCUT2D eigenvalue weighted by Gasteiger charge is -2.15. The third-order valence-electron chi connectivity index (χ3n) is 3.37. The van der Waals surface area contributed by atoms with Gasteiger partial charge in [-0.2, -0.15) is 0 Å². The average Bonchev–Trinajstić information content (AvgIpc) is 2.56. The van der Waals surface area contributed by atoms with E-state index in [1.165, 1.54) is 0 Å². The van der Waals surface area contributed by atoms with Crippen LogP contribution >= 0.6 is 0 Å². The number of para-hydroxylation sites is 2. The molecule has 6 nitrogen and oxygen atoms in total. The average molecular weight is 328 g/mol. The van der Waals surface area contributed by atoms with Crippen LogP contribution in [0.3, 0.4) is 0 Å². The van der Waals surface area contributed by atoms with E-state index >= 15 is 0 Å². The van der Waals surface area contributed by atoms with Crippen LogP contribution in [0.15, 0.2) is 36.5 Å². The topological polar surface area (TPSA) is 76.1 Å². The van der Waals surface area contributed by atoms with Gasteiger partial charge in [-0.1, -0.05) is 19.1 Å². The number of anilines is 2. The van der Waals surface area contributed by atoms with Gasteiger partial charge >= 0.3 is 0 Å². The Kier molecular flexibility index (Phi) is 6.12. The van der Waals surface area contributed by atoms with Gasteiger partial charge in [0.25, 0.3) is 5.91 Å². The van der Waals surface area contributed by atoms with E-state index in [4.69, 9.17) is 4.74 Å². The lowest BCUT2D eigenvalue weighted by molar-refractivity contribution is 0.0934. The second-order valence-electron chi connectivity index (χ2n) is 5.84. The van der Waals surface area contributed by atoms with Crippen molar-refractivity contribution in [1.82, 2.24) is 15.3 Å². The summed E-state index contributed by atoms with van der Waals surface area (Å²) < 4.78 is 5.77. The van der Waals surface area contributed by atoms with Crippen molar-refractivity contribution in [2.45, 2.75) is 46.3 Å².